The van der Waals surface area contributed by atoms with Crippen molar-refractivity contribution in [2.45, 2.75) is 57.6 Å². The van der Waals surface area contributed by atoms with Crippen LogP contribution in [0.4, 0.5) is 5.69 Å². The van der Waals surface area contributed by atoms with E-state index in [1.807, 2.05) is 52.0 Å². The van der Waals surface area contributed by atoms with Crippen LogP contribution in [0.5, 0.6) is 5.75 Å². The molecule has 10 heteroatoms. The maximum atomic E-state index is 14.1. The number of aryl methyl sites for hydroxylation is 1. The van der Waals surface area contributed by atoms with Crippen molar-refractivity contribution in [2.24, 2.45) is 0 Å². The van der Waals surface area contributed by atoms with Crippen LogP contribution in [0, 0.1) is 6.92 Å². The van der Waals surface area contributed by atoms with Crippen LogP contribution in [0.2, 0.25) is 5.02 Å². The van der Waals surface area contributed by atoms with Gasteiger partial charge in [0.15, 0.2) is 0 Å². The van der Waals surface area contributed by atoms with E-state index < -0.39 is 34.1 Å². The van der Waals surface area contributed by atoms with Gasteiger partial charge in [0.2, 0.25) is 11.8 Å². The van der Waals surface area contributed by atoms with E-state index in [1.54, 1.807) is 37.3 Å². The predicted octanol–water partition coefficient (Wildman–Crippen LogP) is 5.18. The number of halogens is 1. The monoisotopic (exact) mass is 585 g/mol. The number of nitrogens with one attached hydrogen (secondary N) is 1. The second kappa shape index (κ2) is 12.7. The van der Waals surface area contributed by atoms with E-state index in [4.69, 9.17) is 16.3 Å². The zero-order valence-corrected chi connectivity index (χ0v) is 25.2. The summed E-state index contributed by atoms with van der Waals surface area (Å²) < 4.78 is 34.3. The van der Waals surface area contributed by atoms with Crippen LogP contribution in [-0.4, -0.2) is 50.4 Å². The first-order valence-corrected chi connectivity index (χ1v) is 14.6. The number of nitrogens with zero attached hydrogens (tertiary/aromatic N) is 2. The van der Waals surface area contributed by atoms with E-state index in [9.17, 15) is 18.0 Å². The molecule has 0 saturated carbocycles. The minimum absolute atomic E-state index is 0.00594. The number of anilines is 1. The Morgan fingerprint density at radius 1 is 1.00 bits per heavy atom. The first-order valence-electron chi connectivity index (χ1n) is 12.8. The van der Waals surface area contributed by atoms with Crippen LogP contribution in [0.1, 0.15) is 38.8 Å². The number of hydrogen-bond acceptors (Lipinski definition) is 5. The zero-order valence-electron chi connectivity index (χ0n) is 23.6. The molecule has 0 unspecified atom stereocenters. The molecule has 3 aromatic rings. The quantitative estimate of drug-likeness (QED) is 0.353. The lowest BCUT2D eigenvalue weighted by Gasteiger charge is -2.33. The number of sulfonamides is 1. The average Bonchev–Trinajstić information content (AvgIpc) is 2.89. The fourth-order valence-corrected chi connectivity index (χ4v) is 5.76. The highest BCUT2D eigenvalue weighted by Gasteiger charge is 2.34. The number of methoxy groups -OCH3 is 1. The van der Waals surface area contributed by atoms with Gasteiger partial charge in [0.1, 0.15) is 18.3 Å². The zero-order chi connectivity index (χ0) is 29.7. The smallest absolute Gasteiger partial charge is 0.264 e. The standard InChI is InChI=1S/C30H36ClN3O5S/c1-21-11-10-12-23(17-21)19-33(22(2)29(36)32-30(3,4)5)28(35)20-34(26-18-24(31)15-16-27(26)39-6)40(37,38)25-13-8-7-9-14-25/h7-18,22H,19-20H2,1-6H3,(H,32,36)/t22-/m0/s1. The molecule has 0 aromatic heterocycles. The highest BCUT2D eigenvalue weighted by molar-refractivity contribution is 7.92. The van der Waals surface area contributed by atoms with Gasteiger partial charge in [-0.1, -0.05) is 59.6 Å². The molecule has 3 rings (SSSR count). The summed E-state index contributed by atoms with van der Waals surface area (Å²) in [5.74, 6) is -0.702. The SMILES string of the molecule is COc1ccc(Cl)cc1N(CC(=O)N(Cc1cccc(C)c1)[C@@H](C)C(=O)NC(C)(C)C)S(=O)(=O)c1ccccc1. The normalized spacial score (nSPS) is 12.4. The van der Waals surface area contributed by atoms with Crippen molar-refractivity contribution in [3.05, 3.63) is 88.9 Å². The van der Waals surface area contributed by atoms with Gasteiger partial charge >= 0.3 is 0 Å². The third-order valence-corrected chi connectivity index (χ3v) is 8.13. The topological polar surface area (TPSA) is 96.0 Å². The van der Waals surface area contributed by atoms with Crippen molar-refractivity contribution in [3.63, 3.8) is 0 Å². The molecule has 0 radical (unpaired) electrons. The maximum absolute atomic E-state index is 14.1. The van der Waals surface area contributed by atoms with Crippen LogP contribution in [0.15, 0.2) is 77.7 Å². The summed E-state index contributed by atoms with van der Waals surface area (Å²) >= 11 is 6.26. The van der Waals surface area contributed by atoms with Crippen LogP contribution in [0.3, 0.4) is 0 Å². The highest BCUT2D eigenvalue weighted by atomic mass is 35.5. The van der Waals surface area contributed by atoms with Gasteiger partial charge in [0, 0.05) is 17.1 Å². The number of benzene rings is 3. The van der Waals surface area contributed by atoms with Crippen molar-refractivity contribution in [3.8, 4) is 5.75 Å². The van der Waals surface area contributed by atoms with Crippen molar-refractivity contribution in [1.82, 2.24) is 10.2 Å². The Hall–Kier alpha value is -3.56. The number of carbonyl (C=O) groups is 2. The van der Waals surface area contributed by atoms with Gasteiger partial charge in [-0.15, -0.1) is 0 Å². The van der Waals surface area contributed by atoms with E-state index in [-0.39, 0.29) is 33.8 Å². The van der Waals surface area contributed by atoms with Crippen molar-refractivity contribution >= 4 is 39.1 Å². The number of rotatable bonds is 10. The fourth-order valence-electron chi connectivity index (χ4n) is 4.15. The second-order valence-corrected chi connectivity index (χ2v) is 12.9. The van der Waals surface area contributed by atoms with E-state index >= 15 is 0 Å². The van der Waals surface area contributed by atoms with E-state index in [0.29, 0.717) is 0 Å². The summed E-state index contributed by atoms with van der Waals surface area (Å²) in [6, 6.07) is 19.1. The molecule has 0 aliphatic carbocycles. The largest absolute Gasteiger partial charge is 0.495 e. The number of hydrogen-bond donors (Lipinski definition) is 1. The third-order valence-electron chi connectivity index (χ3n) is 6.12. The molecule has 0 fully saturated rings. The number of carbonyl (C=O) groups excluding carboxylic acids is 2. The Labute approximate surface area is 241 Å². The average molecular weight is 586 g/mol. The summed E-state index contributed by atoms with van der Waals surface area (Å²) in [5, 5.41) is 3.19. The molecule has 0 spiro atoms. The third kappa shape index (κ3) is 7.76. The molecule has 0 heterocycles. The van der Waals surface area contributed by atoms with E-state index in [0.717, 1.165) is 15.4 Å². The first-order chi connectivity index (χ1) is 18.7. The van der Waals surface area contributed by atoms with Crippen molar-refractivity contribution < 1.29 is 22.7 Å². The Bertz CT molecular complexity index is 1460. The Morgan fingerprint density at radius 2 is 1.68 bits per heavy atom. The summed E-state index contributed by atoms with van der Waals surface area (Å²) in [6.07, 6.45) is 0. The molecular formula is C30H36ClN3O5S. The Kier molecular flexibility index (Phi) is 9.87. The lowest BCUT2D eigenvalue weighted by Crippen LogP contribution is -2.54. The minimum atomic E-state index is -4.24. The molecule has 1 atom stereocenters. The van der Waals surface area contributed by atoms with E-state index in [1.165, 1.54) is 30.2 Å². The van der Waals surface area contributed by atoms with Crippen LogP contribution >= 0.6 is 11.6 Å². The predicted molar refractivity (Wildman–Crippen MR) is 158 cm³/mol. The molecule has 214 valence electrons. The number of ether oxygens (including phenoxy) is 1. The van der Waals surface area contributed by atoms with Gasteiger partial charge in [-0.25, -0.2) is 8.42 Å². The molecule has 40 heavy (non-hydrogen) atoms. The molecular weight excluding hydrogens is 550 g/mol. The molecule has 0 saturated heterocycles. The molecule has 0 aliphatic rings. The Balaban J connectivity index is 2.10. The number of amides is 2. The molecule has 8 nitrogen and oxygen atoms in total. The van der Waals surface area contributed by atoms with Gasteiger partial charge in [-0.05, 0) is 70.5 Å². The van der Waals surface area contributed by atoms with Crippen LogP contribution < -0.4 is 14.4 Å². The summed E-state index contributed by atoms with van der Waals surface area (Å²) in [5.41, 5.74) is 1.38. The van der Waals surface area contributed by atoms with E-state index in [2.05, 4.69) is 5.32 Å². The lowest BCUT2D eigenvalue weighted by molar-refractivity contribution is -0.140. The van der Waals surface area contributed by atoms with Crippen molar-refractivity contribution in [2.75, 3.05) is 18.0 Å². The van der Waals surface area contributed by atoms with Crippen molar-refractivity contribution in [1.29, 1.82) is 0 Å². The molecule has 3 aromatic carbocycles. The molecule has 0 bridgehead atoms. The van der Waals surface area contributed by atoms with Crippen LogP contribution in [0.25, 0.3) is 0 Å². The molecule has 2 amide bonds. The van der Waals surface area contributed by atoms with Gasteiger partial charge in [-0.2, -0.15) is 0 Å². The van der Waals surface area contributed by atoms with Crippen LogP contribution in [-0.2, 0) is 26.2 Å². The summed E-state index contributed by atoms with van der Waals surface area (Å²) in [6.45, 7) is 8.63. The minimum Gasteiger partial charge on any atom is -0.495 e. The van der Waals surface area contributed by atoms with Gasteiger partial charge in [-0.3, -0.25) is 13.9 Å². The maximum Gasteiger partial charge on any atom is 0.264 e. The second-order valence-electron chi connectivity index (χ2n) is 10.6. The summed E-state index contributed by atoms with van der Waals surface area (Å²) in [4.78, 5) is 28.6. The first kappa shape index (κ1) is 31.0. The molecule has 1 N–H and O–H groups in total. The van der Waals surface area contributed by atoms with Gasteiger partial charge in [0.25, 0.3) is 10.0 Å². The lowest BCUT2D eigenvalue weighted by atomic mass is 10.1. The Morgan fingerprint density at radius 3 is 2.27 bits per heavy atom. The highest BCUT2D eigenvalue weighted by Crippen LogP contribution is 2.35. The van der Waals surface area contributed by atoms with Gasteiger partial charge in [0.05, 0.1) is 17.7 Å². The van der Waals surface area contributed by atoms with Gasteiger partial charge < -0.3 is 15.0 Å². The summed E-state index contributed by atoms with van der Waals surface area (Å²) in [7, 11) is -2.83. The fraction of sp³-hybridized carbons (Fsp3) is 0.333. The molecule has 0 aliphatic heterocycles.